The van der Waals surface area contributed by atoms with Crippen LogP contribution in [0.1, 0.15) is 37.9 Å². The minimum Gasteiger partial charge on any atom is -0.343 e. The van der Waals surface area contributed by atoms with E-state index in [1.165, 1.54) is 0 Å². The van der Waals surface area contributed by atoms with Crippen LogP contribution in [0.3, 0.4) is 0 Å². The van der Waals surface area contributed by atoms with Crippen molar-refractivity contribution in [3.63, 3.8) is 0 Å². The van der Waals surface area contributed by atoms with Crippen LogP contribution in [0.4, 0.5) is 0 Å². The normalized spacial score (nSPS) is 18.1. The van der Waals surface area contributed by atoms with Crippen LogP contribution in [0.25, 0.3) is 5.65 Å². The highest BCUT2D eigenvalue weighted by molar-refractivity contribution is 5.76. The number of hydrogen-bond donors (Lipinski definition) is 1. The van der Waals surface area contributed by atoms with Gasteiger partial charge in [0.05, 0.1) is 0 Å². The lowest BCUT2D eigenvalue weighted by Gasteiger charge is -2.31. The van der Waals surface area contributed by atoms with Gasteiger partial charge in [-0.05, 0) is 31.9 Å². The number of hydrogen-bond acceptors (Lipinski definition) is 4. The molecule has 6 nitrogen and oxygen atoms in total. The van der Waals surface area contributed by atoms with Crippen molar-refractivity contribution >= 4 is 11.6 Å². The molecule has 0 saturated carbocycles. The van der Waals surface area contributed by atoms with Crippen LogP contribution < -0.4 is 5.73 Å². The molecule has 3 rings (SSSR count). The fraction of sp³-hybridized carbons (Fsp3) is 0.533. The Labute approximate surface area is 123 Å². The van der Waals surface area contributed by atoms with E-state index in [4.69, 9.17) is 5.73 Å². The molecular weight excluding hydrogens is 266 g/mol. The van der Waals surface area contributed by atoms with E-state index >= 15 is 0 Å². The van der Waals surface area contributed by atoms with Gasteiger partial charge in [-0.3, -0.25) is 9.20 Å². The minimum absolute atomic E-state index is 0.0735. The van der Waals surface area contributed by atoms with Gasteiger partial charge in [-0.1, -0.05) is 6.07 Å². The first-order valence-electron chi connectivity index (χ1n) is 7.48. The molecule has 1 atom stereocenters. The SMILES string of the molecule is CC(N)CC(=O)N1CCC(c2nnc3ccccn23)CC1. The first-order chi connectivity index (χ1) is 10.1. The molecule has 6 heteroatoms. The number of likely N-dealkylation sites (tertiary alicyclic amines) is 1. The van der Waals surface area contributed by atoms with Crippen LogP contribution in [-0.4, -0.2) is 44.5 Å². The number of pyridine rings is 1. The molecule has 1 amide bonds. The van der Waals surface area contributed by atoms with Crippen LogP contribution in [0.2, 0.25) is 0 Å². The Hall–Kier alpha value is -1.95. The lowest BCUT2D eigenvalue weighted by molar-refractivity contribution is -0.132. The van der Waals surface area contributed by atoms with E-state index in [0.717, 1.165) is 37.4 Å². The van der Waals surface area contributed by atoms with E-state index in [9.17, 15) is 4.79 Å². The molecule has 2 N–H and O–H groups in total. The Morgan fingerprint density at radius 1 is 1.38 bits per heavy atom. The zero-order valence-corrected chi connectivity index (χ0v) is 12.3. The number of carbonyl (C=O) groups excluding carboxylic acids is 1. The molecule has 2 aromatic rings. The van der Waals surface area contributed by atoms with Gasteiger partial charge in [0.1, 0.15) is 5.82 Å². The highest BCUT2D eigenvalue weighted by Crippen LogP contribution is 2.27. The monoisotopic (exact) mass is 287 g/mol. The topological polar surface area (TPSA) is 76.5 Å². The van der Waals surface area contributed by atoms with E-state index in [2.05, 4.69) is 10.2 Å². The zero-order chi connectivity index (χ0) is 14.8. The summed E-state index contributed by atoms with van der Waals surface area (Å²) in [5, 5.41) is 8.53. The number of nitrogens with zero attached hydrogens (tertiary/aromatic N) is 4. The molecule has 1 fully saturated rings. The second-order valence-electron chi connectivity index (χ2n) is 5.82. The molecule has 0 bridgehead atoms. The number of aromatic nitrogens is 3. The number of amides is 1. The summed E-state index contributed by atoms with van der Waals surface area (Å²) in [5.41, 5.74) is 6.58. The van der Waals surface area contributed by atoms with Crippen LogP contribution in [-0.2, 0) is 4.79 Å². The summed E-state index contributed by atoms with van der Waals surface area (Å²) in [5.74, 6) is 1.53. The third kappa shape index (κ3) is 2.90. The maximum Gasteiger partial charge on any atom is 0.224 e. The van der Waals surface area contributed by atoms with Gasteiger partial charge in [0.15, 0.2) is 5.65 Å². The van der Waals surface area contributed by atoms with Crippen molar-refractivity contribution in [3.8, 4) is 0 Å². The largest absolute Gasteiger partial charge is 0.343 e. The molecule has 0 radical (unpaired) electrons. The van der Waals surface area contributed by atoms with Crippen LogP contribution in [0.15, 0.2) is 24.4 Å². The molecular formula is C15H21N5O. The standard InChI is InChI=1S/C15H21N5O/c1-11(16)10-14(21)19-8-5-12(6-9-19)15-18-17-13-4-2-3-7-20(13)15/h2-4,7,11-12H,5-6,8-10,16H2,1H3. The van der Waals surface area contributed by atoms with Gasteiger partial charge >= 0.3 is 0 Å². The van der Waals surface area contributed by atoms with Crippen LogP contribution >= 0.6 is 0 Å². The Morgan fingerprint density at radius 2 is 2.14 bits per heavy atom. The molecule has 1 unspecified atom stereocenters. The highest BCUT2D eigenvalue weighted by Gasteiger charge is 2.26. The van der Waals surface area contributed by atoms with Crippen molar-refractivity contribution in [2.75, 3.05) is 13.1 Å². The van der Waals surface area contributed by atoms with Gasteiger partial charge in [-0.25, -0.2) is 0 Å². The third-order valence-corrected chi connectivity index (χ3v) is 4.05. The number of piperidine rings is 1. The second-order valence-corrected chi connectivity index (χ2v) is 5.82. The fourth-order valence-corrected chi connectivity index (χ4v) is 2.93. The molecule has 0 aliphatic carbocycles. The summed E-state index contributed by atoms with van der Waals surface area (Å²) in [7, 11) is 0. The maximum absolute atomic E-state index is 12.0. The molecule has 0 spiro atoms. The van der Waals surface area contributed by atoms with Crippen molar-refractivity contribution in [2.45, 2.75) is 38.1 Å². The molecule has 0 aromatic carbocycles. The highest BCUT2D eigenvalue weighted by atomic mass is 16.2. The summed E-state index contributed by atoms with van der Waals surface area (Å²) < 4.78 is 2.05. The van der Waals surface area contributed by atoms with Crippen LogP contribution in [0.5, 0.6) is 0 Å². The van der Waals surface area contributed by atoms with Crippen molar-refractivity contribution < 1.29 is 4.79 Å². The quantitative estimate of drug-likeness (QED) is 0.919. The predicted molar refractivity (Wildman–Crippen MR) is 79.8 cm³/mol. The number of fused-ring (bicyclic) bond motifs is 1. The molecule has 112 valence electrons. The van der Waals surface area contributed by atoms with Gasteiger partial charge < -0.3 is 10.6 Å². The third-order valence-electron chi connectivity index (χ3n) is 4.05. The van der Waals surface area contributed by atoms with Gasteiger partial charge in [0.25, 0.3) is 0 Å². The van der Waals surface area contributed by atoms with Crippen molar-refractivity contribution in [1.82, 2.24) is 19.5 Å². The van der Waals surface area contributed by atoms with Gasteiger partial charge in [-0.15, -0.1) is 10.2 Å². The Kier molecular flexibility index (Phi) is 3.88. The van der Waals surface area contributed by atoms with Crippen LogP contribution in [0, 0.1) is 0 Å². The summed E-state index contributed by atoms with van der Waals surface area (Å²) in [6, 6.07) is 5.83. The zero-order valence-electron chi connectivity index (χ0n) is 12.3. The smallest absolute Gasteiger partial charge is 0.224 e. The van der Waals surface area contributed by atoms with Gasteiger partial charge in [0, 0.05) is 37.7 Å². The molecule has 1 saturated heterocycles. The maximum atomic E-state index is 12.0. The average Bonchev–Trinajstić information content (AvgIpc) is 2.90. The van der Waals surface area contributed by atoms with Crippen molar-refractivity contribution in [1.29, 1.82) is 0 Å². The average molecular weight is 287 g/mol. The summed E-state index contributed by atoms with van der Waals surface area (Å²) in [4.78, 5) is 13.9. The first kappa shape index (κ1) is 14.0. The summed E-state index contributed by atoms with van der Waals surface area (Å²) >= 11 is 0. The fourth-order valence-electron chi connectivity index (χ4n) is 2.93. The summed E-state index contributed by atoms with van der Waals surface area (Å²) in [6.07, 6.45) is 4.29. The van der Waals surface area contributed by atoms with Crippen molar-refractivity contribution in [2.24, 2.45) is 5.73 Å². The summed E-state index contributed by atoms with van der Waals surface area (Å²) in [6.45, 7) is 3.42. The lowest BCUT2D eigenvalue weighted by atomic mass is 9.95. The van der Waals surface area contributed by atoms with E-state index in [0.29, 0.717) is 12.3 Å². The number of nitrogens with two attached hydrogens (primary N) is 1. The predicted octanol–water partition coefficient (Wildman–Crippen LogP) is 1.17. The Bertz CT molecular complexity index is 628. The first-order valence-corrected chi connectivity index (χ1v) is 7.48. The molecule has 21 heavy (non-hydrogen) atoms. The number of rotatable bonds is 3. The molecule has 2 aromatic heterocycles. The Balaban J connectivity index is 1.67. The van der Waals surface area contributed by atoms with E-state index in [1.54, 1.807) is 0 Å². The lowest BCUT2D eigenvalue weighted by Crippen LogP contribution is -2.40. The minimum atomic E-state index is -0.0735. The van der Waals surface area contributed by atoms with Gasteiger partial charge in [-0.2, -0.15) is 0 Å². The molecule has 1 aliphatic heterocycles. The van der Waals surface area contributed by atoms with E-state index in [1.807, 2.05) is 40.6 Å². The second kappa shape index (κ2) is 5.81. The van der Waals surface area contributed by atoms with Crippen molar-refractivity contribution in [3.05, 3.63) is 30.2 Å². The van der Waals surface area contributed by atoms with E-state index in [-0.39, 0.29) is 11.9 Å². The number of carbonyl (C=O) groups is 1. The molecule has 3 heterocycles. The Morgan fingerprint density at radius 3 is 2.86 bits per heavy atom. The molecule has 1 aliphatic rings. The van der Waals surface area contributed by atoms with Gasteiger partial charge in [0.2, 0.25) is 5.91 Å². The van der Waals surface area contributed by atoms with E-state index < -0.39 is 0 Å².